The van der Waals surface area contributed by atoms with Crippen LogP contribution in [-0.4, -0.2) is 62.2 Å². The topological polar surface area (TPSA) is 91.0 Å². The maximum Gasteiger partial charge on any atom is 0.308 e. The first-order valence-corrected chi connectivity index (χ1v) is 13.4. The minimum Gasteiger partial charge on any atom is -0.481 e. The predicted molar refractivity (Wildman–Crippen MR) is 137 cm³/mol. The van der Waals surface area contributed by atoms with Crippen LogP contribution in [0.5, 0.6) is 0 Å². The molecule has 1 N–H and O–H groups in total. The zero-order chi connectivity index (χ0) is 25.7. The van der Waals surface area contributed by atoms with E-state index in [1.54, 1.807) is 16.6 Å². The summed E-state index contributed by atoms with van der Waals surface area (Å²) in [5, 5.41) is 14.0. The molecule has 0 radical (unpaired) electrons. The van der Waals surface area contributed by atoms with Crippen LogP contribution in [0.15, 0.2) is 30.3 Å². The number of likely N-dealkylation sites (tertiary alicyclic amines) is 1. The van der Waals surface area contributed by atoms with E-state index in [1.807, 2.05) is 21.9 Å². The van der Waals surface area contributed by atoms with Crippen LogP contribution in [0, 0.1) is 11.7 Å². The minimum atomic E-state index is -0.814. The first-order chi connectivity index (χ1) is 17.9. The van der Waals surface area contributed by atoms with Crippen molar-refractivity contribution in [1.29, 1.82) is 0 Å². The molecule has 0 bridgehead atoms. The Morgan fingerprint density at radius 2 is 1.86 bits per heavy atom. The Bertz CT molecular complexity index is 1370. The Balaban J connectivity index is 1.32. The monoisotopic (exact) mass is 505 g/mol. The lowest BCUT2D eigenvalue weighted by Gasteiger charge is -2.27. The molecule has 8 nitrogen and oxygen atoms in total. The summed E-state index contributed by atoms with van der Waals surface area (Å²) < 4.78 is 17.1. The second kappa shape index (κ2) is 9.43. The summed E-state index contributed by atoms with van der Waals surface area (Å²) in [5.41, 5.74) is 3.45. The second-order valence-corrected chi connectivity index (χ2v) is 10.8. The first kappa shape index (κ1) is 23.9. The molecule has 37 heavy (non-hydrogen) atoms. The molecule has 3 aromatic rings. The number of aliphatic carboxylic acids is 1. The Hall–Kier alpha value is -3.49. The summed E-state index contributed by atoms with van der Waals surface area (Å²) in [7, 11) is 0. The summed E-state index contributed by atoms with van der Waals surface area (Å²) in [6, 6.07) is 8.79. The van der Waals surface area contributed by atoms with Crippen LogP contribution in [-0.2, 0) is 4.79 Å². The van der Waals surface area contributed by atoms with Gasteiger partial charge in [-0.1, -0.05) is 12.8 Å². The van der Waals surface area contributed by atoms with Gasteiger partial charge in [-0.15, -0.1) is 0 Å². The zero-order valence-corrected chi connectivity index (χ0v) is 21.1. The molecule has 9 heteroatoms. The molecular weight excluding hydrogens is 473 g/mol. The van der Waals surface area contributed by atoms with Crippen LogP contribution in [0.25, 0.3) is 16.9 Å². The van der Waals surface area contributed by atoms with Gasteiger partial charge in [-0.05, 0) is 63.3 Å². The molecule has 1 amide bonds. The van der Waals surface area contributed by atoms with Crippen LogP contribution in [0.1, 0.15) is 74.0 Å². The van der Waals surface area contributed by atoms with Crippen molar-refractivity contribution in [1.82, 2.24) is 19.5 Å². The molecule has 2 saturated heterocycles. The van der Waals surface area contributed by atoms with Gasteiger partial charge < -0.3 is 14.9 Å². The Labute approximate surface area is 215 Å². The van der Waals surface area contributed by atoms with Crippen LogP contribution < -0.4 is 4.90 Å². The van der Waals surface area contributed by atoms with Crippen molar-refractivity contribution in [3.63, 3.8) is 0 Å². The maximum atomic E-state index is 15.3. The van der Waals surface area contributed by atoms with E-state index in [0.717, 1.165) is 50.8 Å². The molecule has 3 aliphatic rings. The molecule has 4 heterocycles. The molecule has 2 aromatic heterocycles. The van der Waals surface area contributed by atoms with Crippen LogP contribution >= 0.6 is 0 Å². The number of aromatic nitrogens is 3. The number of anilines is 1. The number of hydrogen-bond acceptors (Lipinski definition) is 5. The summed E-state index contributed by atoms with van der Waals surface area (Å²) >= 11 is 0. The minimum absolute atomic E-state index is 0.0395. The van der Waals surface area contributed by atoms with Crippen molar-refractivity contribution in [3.8, 4) is 11.3 Å². The van der Waals surface area contributed by atoms with Crippen molar-refractivity contribution in [2.45, 2.75) is 63.8 Å². The molecule has 1 aromatic carbocycles. The molecule has 0 unspecified atom stereocenters. The molecule has 1 aliphatic carbocycles. The van der Waals surface area contributed by atoms with Gasteiger partial charge in [0.25, 0.3) is 5.91 Å². The van der Waals surface area contributed by atoms with E-state index in [-0.39, 0.29) is 11.9 Å². The van der Waals surface area contributed by atoms with E-state index < -0.39 is 17.7 Å². The van der Waals surface area contributed by atoms with Crippen LogP contribution in [0.3, 0.4) is 0 Å². The van der Waals surface area contributed by atoms with E-state index in [0.29, 0.717) is 53.7 Å². The average molecular weight is 506 g/mol. The predicted octanol–water partition coefficient (Wildman–Crippen LogP) is 4.73. The van der Waals surface area contributed by atoms with Gasteiger partial charge in [0.05, 0.1) is 11.6 Å². The molecule has 0 spiro atoms. The van der Waals surface area contributed by atoms with Gasteiger partial charge >= 0.3 is 5.97 Å². The summed E-state index contributed by atoms with van der Waals surface area (Å²) in [4.78, 5) is 33.3. The third kappa shape index (κ3) is 4.55. The third-order valence-electron chi connectivity index (χ3n) is 8.11. The number of amides is 1. The highest BCUT2D eigenvalue weighted by Crippen LogP contribution is 2.41. The van der Waals surface area contributed by atoms with Crippen molar-refractivity contribution in [3.05, 3.63) is 47.5 Å². The summed E-state index contributed by atoms with van der Waals surface area (Å²) in [6.45, 7) is 3.82. The van der Waals surface area contributed by atoms with Gasteiger partial charge in [-0.25, -0.2) is 13.9 Å². The fourth-order valence-corrected chi connectivity index (χ4v) is 5.74. The summed E-state index contributed by atoms with van der Waals surface area (Å²) in [6.07, 6.45) is 6.92. The van der Waals surface area contributed by atoms with E-state index in [2.05, 4.69) is 6.92 Å². The molecule has 3 fully saturated rings. The number of carbonyl (C=O) groups is 2. The number of benzene rings is 1. The number of carboxylic acid groups (broad SMARTS) is 1. The Kier molecular flexibility index (Phi) is 6.09. The van der Waals surface area contributed by atoms with Gasteiger partial charge in [0.2, 0.25) is 0 Å². The average Bonchev–Trinajstić information content (AvgIpc) is 3.50. The third-order valence-corrected chi connectivity index (χ3v) is 8.11. The summed E-state index contributed by atoms with van der Waals surface area (Å²) in [5.74, 6) is -1.37. The molecule has 6 rings (SSSR count). The number of hydrogen-bond donors (Lipinski definition) is 1. The maximum absolute atomic E-state index is 15.3. The van der Waals surface area contributed by atoms with E-state index in [1.165, 1.54) is 6.07 Å². The SMILES string of the molecule is C[C@@H]1CCCCCN1C(=O)c1cc(C2CC2)n2nc(-c3ccc(N4CC[C@H](C(=O)O)C4)cc3F)cc2n1. The van der Waals surface area contributed by atoms with E-state index >= 15 is 4.39 Å². The Morgan fingerprint density at radius 3 is 2.59 bits per heavy atom. The fraction of sp³-hybridized carbons (Fsp3) is 0.500. The lowest BCUT2D eigenvalue weighted by Crippen LogP contribution is -2.38. The number of rotatable bonds is 5. The molecule has 1 saturated carbocycles. The van der Waals surface area contributed by atoms with Gasteiger partial charge in [0, 0.05) is 54.6 Å². The number of halogens is 1. The van der Waals surface area contributed by atoms with Crippen LogP contribution in [0.2, 0.25) is 0 Å². The number of carboxylic acids is 1. The molecular formula is C28H32FN5O3. The van der Waals surface area contributed by atoms with Crippen molar-refractivity contribution >= 4 is 23.2 Å². The van der Waals surface area contributed by atoms with Gasteiger partial charge in [-0.3, -0.25) is 9.59 Å². The largest absolute Gasteiger partial charge is 0.481 e. The lowest BCUT2D eigenvalue weighted by molar-refractivity contribution is -0.140. The standard InChI is InChI=1S/C28H32FN5O3/c1-17-5-3-2-4-11-33(17)27(35)24-14-25(18-6-7-18)34-26(30-24)15-23(31-34)21-9-8-20(13-22(21)29)32-12-10-19(16-32)28(36)37/h8-9,13-15,17-19H,2-7,10-12,16H2,1H3,(H,36,37)/t17-,19+/m1/s1. The number of nitrogens with zero attached hydrogens (tertiary/aromatic N) is 5. The van der Waals surface area contributed by atoms with Crippen molar-refractivity contribution in [2.24, 2.45) is 5.92 Å². The highest BCUT2D eigenvalue weighted by Gasteiger charge is 2.32. The van der Waals surface area contributed by atoms with Gasteiger partial charge in [0.1, 0.15) is 11.5 Å². The normalized spacial score (nSPS) is 22.4. The molecule has 2 aliphatic heterocycles. The quantitative estimate of drug-likeness (QED) is 0.539. The highest BCUT2D eigenvalue weighted by atomic mass is 19.1. The zero-order valence-electron chi connectivity index (χ0n) is 21.1. The first-order valence-electron chi connectivity index (χ1n) is 13.4. The van der Waals surface area contributed by atoms with Gasteiger partial charge in [-0.2, -0.15) is 5.10 Å². The smallest absolute Gasteiger partial charge is 0.308 e. The molecule has 2 atom stereocenters. The van der Waals surface area contributed by atoms with Crippen molar-refractivity contribution < 1.29 is 19.1 Å². The highest BCUT2D eigenvalue weighted by molar-refractivity contribution is 5.93. The fourth-order valence-electron chi connectivity index (χ4n) is 5.74. The van der Waals surface area contributed by atoms with Crippen LogP contribution in [0.4, 0.5) is 10.1 Å². The second-order valence-electron chi connectivity index (χ2n) is 10.8. The molecule has 194 valence electrons. The van der Waals surface area contributed by atoms with E-state index in [4.69, 9.17) is 10.1 Å². The number of fused-ring (bicyclic) bond motifs is 1. The van der Waals surface area contributed by atoms with E-state index in [9.17, 15) is 14.7 Å². The lowest BCUT2D eigenvalue weighted by atomic mass is 10.1. The Morgan fingerprint density at radius 1 is 1.03 bits per heavy atom. The number of carbonyl (C=O) groups excluding carboxylic acids is 1. The van der Waals surface area contributed by atoms with Crippen molar-refractivity contribution in [2.75, 3.05) is 24.5 Å². The van der Waals surface area contributed by atoms with Gasteiger partial charge in [0.15, 0.2) is 5.65 Å².